The minimum atomic E-state index is 0.0601. The highest BCUT2D eigenvalue weighted by atomic mass is 16.1. The molecule has 0 fully saturated rings. The second kappa shape index (κ2) is 4.58. The predicted molar refractivity (Wildman–Crippen MR) is 73.3 cm³/mol. The number of pyridine rings is 1. The third-order valence-electron chi connectivity index (χ3n) is 2.88. The molecule has 2 heteroatoms. The zero-order chi connectivity index (χ0) is 12.4. The van der Waals surface area contributed by atoms with Crippen LogP contribution in [0.5, 0.6) is 0 Å². The van der Waals surface area contributed by atoms with E-state index in [2.05, 4.69) is 19.9 Å². The molecular formula is C15H17NO. The standard InChI is InChI=1S/C15H17NO/c1-4-9-16-14(11(2)3)10-12-7-5-6-8-13(12)15(16)17/h4-11H,1-3H3/b9-4-. The van der Waals surface area contributed by atoms with Crippen LogP contribution in [0.4, 0.5) is 0 Å². The summed E-state index contributed by atoms with van der Waals surface area (Å²) in [5, 5.41) is 1.79. The molecule has 0 unspecified atom stereocenters. The second-order valence-corrected chi connectivity index (χ2v) is 4.47. The van der Waals surface area contributed by atoms with E-state index in [0.717, 1.165) is 16.5 Å². The lowest BCUT2D eigenvalue weighted by molar-refractivity contribution is 0.782. The summed E-state index contributed by atoms with van der Waals surface area (Å²) in [5.41, 5.74) is 1.11. The largest absolute Gasteiger partial charge is 0.288 e. The number of nitrogens with zero attached hydrogens (tertiary/aromatic N) is 1. The Morgan fingerprint density at radius 3 is 2.59 bits per heavy atom. The number of hydrogen-bond acceptors (Lipinski definition) is 1. The smallest absolute Gasteiger partial charge is 0.262 e. The van der Waals surface area contributed by atoms with E-state index in [1.807, 2.05) is 43.5 Å². The number of allylic oxidation sites excluding steroid dienone is 1. The summed E-state index contributed by atoms with van der Waals surface area (Å²) >= 11 is 0. The van der Waals surface area contributed by atoms with Crippen molar-refractivity contribution in [1.82, 2.24) is 4.57 Å². The van der Waals surface area contributed by atoms with Crippen LogP contribution in [-0.2, 0) is 0 Å². The number of aromatic nitrogens is 1. The van der Waals surface area contributed by atoms with Gasteiger partial charge < -0.3 is 0 Å². The highest BCUT2D eigenvalue weighted by Crippen LogP contribution is 2.18. The van der Waals surface area contributed by atoms with E-state index in [1.165, 1.54) is 0 Å². The van der Waals surface area contributed by atoms with E-state index >= 15 is 0 Å². The van der Waals surface area contributed by atoms with Gasteiger partial charge in [-0.05, 0) is 30.4 Å². The Morgan fingerprint density at radius 2 is 1.94 bits per heavy atom. The molecule has 0 N–H and O–H groups in total. The summed E-state index contributed by atoms with van der Waals surface area (Å²) in [6.07, 6.45) is 3.73. The number of benzene rings is 1. The minimum absolute atomic E-state index is 0.0601. The summed E-state index contributed by atoms with van der Waals surface area (Å²) in [6, 6.07) is 9.83. The third-order valence-corrected chi connectivity index (χ3v) is 2.88. The van der Waals surface area contributed by atoms with Gasteiger partial charge >= 0.3 is 0 Å². The maximum absolute atomic E-state index is 12.4. The molecule has 2 aromatic rings. The van der Waals surface area contributed by atoms with Crippen LogP contribution in [0.1, 0.15) is 32.4 Å². The summed E-state index contributed by atoms with van der Waals surface area (Å²) in [7, 11) is 0. The lowest BCUT2D eigenvalue weighted by Gasteiger charge is -2.13. The zero-order valence-corrected chi connectivity index (χ0v) is 10.5. The van der Waals surface area contributed by atoms with Crippen molar-refractivity contribution in [1.29, 1.82) is 0 Å². The molecular weight excluding hydrogens is 210 g/mol. The summed E-state index contributed by atoms with van der Waals surface area (Å²) in [4.78, 5) is 12.4. The molecule has 1 aromatic carbocycles. The Balaban J connectivity index is 2.89. The maximum Gasteiger partial charge on any atom is 0.262 e. The highest BCUT2D eigenvalue weighted by molar-refractivity contribution is 5.82. The van der Waals surface area contributed by atoms with Crippen molar-refractivity contribution in [3.63, 3.8) is 0 Å². The molecule has 0 saturated carbocycles. The second-order valence-electron chi connectivity index (χ2n) is 4.47. The first-order chi connectivity index (χ1) is 8.15. The van der Waals surface area contributed by atoms with Gasteiger partial charge in [-0.1, -0.05) is 38.1 Å². The van der Waals surface area contributed by atoms with Crippen LogP contribution >= 0.6 is 0 Å². The highest BCUT2D eigenvalue weighted by Gasteiger charge is 2.09. The van der Waals surface area contributed by atoms with Crippen molar-refractivity contribution < 1.29 is 0 Å². The van der Waals surface area contributed by atoms with Crippen LogP contribution in [0, 0.1) is 0 Å². The molecule has 2 nitrogen and oxygen atoms in total. The first kappa shape index (κ1) is 11.6. The van der Waals surface area contributed by atoms with Crippen LogP contribution in [0.3, 0.4) is 0 Å². The lowest BCUT2D eigenvalue weighted by Crippen LogP contribution is -2.20. The molecule has 0 amide bonds. The van der Waals surface area contributed by atoms with Crippen molar-refractivity contribution >= 4 is 17.0 Å². The average molecular weight is 227 g/mol. The van der Waals surface area contributed by atoms with Crippen molar-refractivity contribution in [3.05, 3.63) is 52.5 Å². The van der Waals surface area contributed by atoms with Crippen LogP contribution in [0.2, 0.25) is 0 Å². The Bertz CT molecular complexity index is 620. The van der Waals surface area contributed by atoms with Gasteiger partial charge in [0.25, 0.3) is 5.56 Å². The Morgan fingerprint density at radius 1 is 1.24 bits per heavy atom. The molecule has 0 saturated heterocycles. The minimum Gasteiger partial charge on any atom is -0.288 e. The van der Waals surface area contributed by atoms with Crippen molar-refractivity contribution in [2.24, 2.45) is 0 Å². The van der Waals surface area contributed by atoms with E-state index < -0.39 is 0 Å². The van der Waals surface area contributed by atoms with Crippen LogP contribution < -0.4 is 5.56 Å². The van der Waals surface area contributed by atoms with Crippen LogP contribution in [0.25, 0.3) is 17.0 Å². The summed E-state index contributed by atoms with van der Waals surface area (Å²) in [5.74, 6) is 0.323. The maximum atomic E-state index is 12.4. The topological polar surface area (TPSA) is 22.0 Å². The normalized spacial score (nSPS) is 11.8. The first-order valence-electron chi connectivity index (χ1n) is 5.92. The first-order valence-corrected chi connectivity index (χ1v) is 5.92. The van der Waals surface area contributed by atoms with E-state index in [4.69, 9.17) is 0 Å². The fourth-order valence-electron chi connectivity index (χ4n) is 2.04. The van der Waals surface area contributed by atoms with Gasteiger partial charge in [0.05, 0.1) is 0 Å². The molecule has 0 aliphatic rings. The molecule has 0 atom stereocenters. The number of fused-ring (bicyclic) bond motifs is 1. The SMILES string of the molecule is C/C=C\n1c(C(C)C)cc2ccccc2c1=O. The van der Waals surface area contributed by atoms with Crippen LogP contribution in [0.15, 0.2) is 41.2 Å². The van der Waals surface area contributed by atoms with Gasteiger partial charge in [-0.3, -0.25) is 9.36 Å². The Hall–Kier alpha value is -1.83. The van der Waals surface area contributed by atoms with Crippen molar-refractivity contribution in [2.45, 2.75) is 26.7 Å². The van der Waals surface area contributed by atoms with E-state index in [1.54, 1.807) is 4.57 Å². The van der Waals surface area contributed by atoms with E-state index in [0.29, 0.717) is 5.92 Å². The Kier molecular flexibility index (Phi) is 3.14. The van der Waals surface area contributed by atoms with Gasteiger partial charge in [0.2, 0.25) is 0 Å². The molecule has 1 aromatic heterocycles. The van der Waals surface area contributed by atoms with E-state index in [-0.39, 0.29) is 5.56 Å². The number of hydrogen-bond donors (Lipinski definition) is 0. The van der Waals surface area contributed by atoms with Gasteiger partial charge in [0.1, 0.15) is 0 Å². The van der Waals surface area contributed by atoms with Gasteiger partial charge in [0, 0.05) is 17.3 Å². The third kappa shape index (κ3) is 2.03. The number of rotatable bonds is 2. The molecule has 0 aliphatic carbocycles. The fourth-order valence-corrected chi connectivity index (χ4v) is 2.04. The quantitative estimate of drug-likeness (QED) is 0.768. The Labute approximate surface area is 101 Å². The van der Waals surface area contributed by atoms with Gasteiger partial charge in [0.15, 0.2) is 0 Å². The molecule has 1 heterocycles. The average Bonchev–Trinajstić information content (AvgIpc) is 2.32. The zero-order valence-electron chi connectivity index (χ0n) is 10.5. The molecule has 17 heavy (non-hydrogen) atoms. The van der Waals surface area contributed by atoms with Crippen molar-refractivity contribution in [3.8, 4) is 0 Å². The van der Waals surface area contributed by atoms with Crippen LogP contribution in [-0.4, -0.2) is 4.57 Å². The lowest BCUT2D eigenvalue weighted by atomic mass is 10.1. The molecule has 0 radical (unpaired) electrons. The predicted octanol–water partition coefficient (Wildman–Crippen LogP) is 3.62. The molecule has 2 rings (SSSR count). The fraction of sp³-hybridized carbons (Fsp3) is 0.267. The van der Waals surface area contributed by atoms with Gasteiger partial charge in [-0.2, -0.15) is 0 Å². The summed E-state index contributed by atoms with van der Waals surface area (Å²) < 4.78 is 1.74. The molecule has 0 spiro atoms. The van der Waals surface area contributed by atoms with Crippen molar-refractivity contribution in [2.75, 3.05) is 0 Å². The van der Waals surface area contributed by atoms with Gasteiger partial charge in [-0.15, -0.1) is 0 Å². The molecule has 88 valence electrons. The molecule has 0 bridgehead atoms. The molecule has 0 aliphatic heterocycles. The van der Waals surface area contributed by atoms with Gasteiger partial charge in [-0.25, -0.2) is 0 Å². The van der Waals surface area contributed by atoms with E-state index in [9.17, 15) is 4.79 Å². The monoisotopic (exact) mass is 227 g/mol. The summed E-state index contributed by atoms with van der Waals surface area (Å²) in [6.45, 7) is 6.12.